The molecule has 28 heavy (non-hydrogen) atoms. The summed E-state index contributed by atoms with van der Waals surface area (Å²) in [6.45, 7) is -0.467. The molecule has 10 heteroatoms. The molecular formula is C18H15F2NO4S3. The number of nitrogens with one attached hydrogen (secondary N) is 1. The summed E-state index contributed by atoms with van der Waals surface area (Å²) in [5, 5.41) is 0.332. The molecule has 0 aliphatic carbocycles. The van der Waals surface area contributed by atoms with Crippen LogP contribution < -0.4 is 4.72 Å². The Kier molecular flexibility index (Phi) is 5.94. The maximum atomic E-state index is 13.3. The Balaban J connectivity index is 1.94. The molecule has 0 spiro atoms. The number of sulfonamides is 1. The first-order chi connectivity index (χ1) is 13.2. The molecule has 1 aromatic heterocycles. The Hall–Kier alpha value is -2.14. The molecule has 3 rings (SSSR count). The normalized spacial score (nSPS) is 13.4. The third-order valence-electron chi connectivity index (χ3n) is 3.97. The number of rotatable bonds is 7. The molecule has 1 atom stereocenters. The van der Waals surface area contributed by atoms with Crippen LogP contribution in [0.3, 0.4) is 0 Å². The molecule has 3 aromatic rings. The molecule has 0 saturated heterocycles. The molecule has 1 N–H and O–H groups in total. The molecule has 0 fully saturated rings. The van der Waals surface area contributed by atoms with Crippen LogP contribution in [0.1, 0.15) is 10.8 Å². The molecule has 0 bridgehead atoms. The van der Waals surface area contributed by atoms with Crippen molar-refractivity contribution < 1.29 is 25.6 Å². The van der Waals surface area contributed by atoms with Crippen molar-refractivity contribution >= 4 is 31.2 Å². The summed E-state index contributed by atoms with van der Waals surface area (Å²) >= 11 is 1.01. The Morgan fingerprint density at radius 3 is 1.96 bits per heavy atom. The van der Waals surface area contributed by atoms with Crippen molar-refractivity contribution in [1.82, 2.24) is 4.72 Å². The van der Waals surface area contributed by atoms with Crippen molar-refractivity contribution in [3.05, 3.63) is 83.2 Å². The minimum Gasteiger partial charge on any atom is -0.222 e. The van der Waals surface area contributed by atoms with Gasteiger partial charge in [-0.2, -0.15) is 0 Å². The molecule has 5 nitrogen and oxygen atoms in total. The summed E-state index contributed by atoms with van der Waals surface area (Å²) in [7, 11) is -7.99. The molecule has 148 valence electrons. The van der Waals surface area contributed by atoms with Crippen LogP contribution in [-0.4, -0.2) is 23.4 Å². The van der Waals surface area contributed by atoms with Crippen molar-refractivity contribution in [2.24, 2.45) is 0 Å². The van der Waals surface area contributed by atoms with Gasteiger partial charge in [-0.15, -0.1) is 11.3 Å². The van der Waals surface area contributed by atoms with E-state index in [2.05, 4.69) is 4.72 Å². The second kappa shape index (κ2) is 8.08. The molecule has 1 heterocycles. The van der Waals surface area contributed by atoms with Gasteiger partial charge >= 0.3 is 0 Å². The SMILES string of the molecule is O=S(=O)(NC[C@@H](c1ccc(F)cc1)S(=O)(=O)c1cccs1)c1ccc(F)cc1. The first-order valence-corrected chi connectivity index (χ1v) is 11.9. The van der Waals surface area contributed by atoms with Crippen LogP contribution in [0.15, 0.2) is 75.1 Å². The quantitative estimate of drug-likeness (QED) is 0.606. The molecular weight excluding hydrogens is 428 g/mol. The van der Waals surface area contributed by atoms with Gasteiger partial charge in [0.2, 0.25) is 10.0 Å². The van der Waals surface area contributed by atoms with E-state index >= 15 is 0 Å². The van der Waals surface area contributed by atoms with Crippen LogP contribution in [-0.2, 0) is 19.9 Å². The lowest BCUT2D eigenvalue weighted by Gasteiger charge is -2.18. The second-order valence-electron chi connectivity index (χ2n) is 5.82. The maximum Gasteiger partial charge on any atom is 0.240 e. The third-order valence-corrected chi connectivity index (χ3v) is 8.95. The van der Waals surface area contributed by atoms with Crippen molar-refractivity contribution in [2.45, 2.75) is 14.4 Å². The summed E-state index contributed by atoms with van der Waals surface area (Å²) in [5.41, 5.74) is 0.247. The number of benzene rings is 2. The maximum absolute atomic E-state index is 13.3. The van der Waals surface area contributed by atoms with E-state index in [0.29, 0.717) is 0 Å². The van der Waals surface area contributed by atoms with Crippen molar-refractivity contribution in [3.8, 4) is 0 Å². The summed E-state index contributed by atoms with van der Waals surface area (Å²) in [6.07, 6.45) is 0. The third kappa shape index (κ3) is 4.46. The fourth-order valence-corrected chi connectivity index (χ4v) is 6.55. The van der Waals surface area contributed by atoms with Gasteiger partial charge in [0, 0.05) is 6.54 Å². The predicted octanol–water partition coefficient (Wildman–Crippen LogP) is 3.52. The van der Waals surface area contributed by atoms with Gasteiger partial charge in [0.25, 0.3) is 0 Å². The van der Waals surface area contributed by atoms with E-state index in [1.54, 1.807) is 11.4 Å². The van der Waals surface area contributed by atoms with Crippen LogP contribution in [0.25, 0.3) is 0 Å². The van der Waals surface area contributed by atoms with E-state index in [1.807, 2.05) is 0 Å². The predicted molar refractivity (Wildman–Crippen MR) is 102 cm³/mol. The van der Waals surface area contributed by atoms with Gasteiger partial charge in [0.15, 0.2) is 9.84 Å². The Morgan fingerprint density at radius 2 is 1.43 bits per heavy atom. The molecule has 0 aliphatic rings. The van der Waals surface area contributed by atoms with Crippen molar-refractivity contribution in [1.29, 1.82) is 0 Å². The minimum absolute atomic E-state index is 0.0720. The van der Waals surface area contributed by atoms with Gasteiger partial charge < -0.3 is 0 Å². The van der Waals surface area contributed by atoms with E-state index in [4.69, 9.17) is 0 Å². The number of sulfone groups is 1. The second-order valence-corrected chi connectivity index (χ2v) is 10.9. The summed E-state index contributed by atoms with van der Waals surface area (Å²) in [4.78, 5) is -0.194. The fraction of sp³-hybridized carbons (Fsp3) is 0.111. The Labute approximate surface area is 165 Å². The summed E-state index contributed by atoms with van der Waals surface area (Å²) < 4.78 is 79.6. The zero-order valence-corrected chi connectivity index (χ0v) is 16.7. The number of hydrogen-bond donors (Lipinski definition) is 1. The van der Waals surface area contributed by atoms with Gasteiger partial charge in [-0.05, 0) is 53.4 Å². The fourth-order valence-electron chi connectivity index (χ4n) is 2.53. The van der Waals surface area contributed by atoms with Gasteiger partial charge in [0.05, 0.1) is 4.90 Å². The minimum atomic E-state index is -4.07. The topological polar surface area (TPSA) is 80.3 Å². The van der Waals surface area contributed by atoms with Crippen LogP contribution in [0.2, 0.25) is 0 Å². The van der Waals surface area contributed by atoms with Crippen molar-refractivity contribution in [3.63, 3.8) is 0 Å². The van der Waals surface area contributed by atoms with Gasteiger partial charge in [0.1, 0.15) is 21.1 Å². The molecule has 0 amide bonds. The lowest BCUT2D eigenvalue weighted by molar-refractivity contribution is 0.569. The molecule has 0 unspecified atom stereocenters. The highest BCUT2D eigenvalue weighted by Gasteiger charge is 2.31. The standard InChI is InChI=1S/C18H15F2NO4S3/c19-14-5-3-13(4-6-14)17(27(22,23)18-2-1-11-26-18)12-21-28(24,25)16-9-7-15(20)8-10-16/h1-11,17,21H,12H2/t17-/m0/s1. The number of thiophene rings is 1. The molecule has 0 radical (unpaired) electrons. The first kappa shape index (κ1) is 20.6. The largest absolute Gasteiger partial charge is 0.240 e. The van der Waals surface area contributed by atoms with E-state index < -0.39 is 43.3 Å². The van der Waals surface area contributed by atoms with Gasteiger partial charge in [-0.1, -0.05) is 18.2 Å². The highest BCUT2D eigenvalue weighted by atomic mass is 32.2. The number of hydrogen-bond acceptors (Lipinski definition) is 5. The lowest BCUT2D eigenvalue weighted by atomic mass is 10.1. The van der Waals surface area contributed by atoms with Crippen LogP contribution >= 0.6 is 11.3 Å². The first-order valence-electron chi connectivity index (χ1n) is 7.98. The van der Waals surface area contributed by atoms with Crippen LogP contribution in [0.4, 0.5) is 8.78 Å². The molecule has 0 saturated carbocycles. The monoisotopic (exact) mass is 443 g/mol. The Morgan fingerprint density at radius 1 is 0.857 bits per heavy atom. The Bertz CT molecular complexity index is 1140. The summed E-state index contributed by atoms with van der Waals surface area (Å²) in [5.74, 6) is -1.13. The molecule has 2 aromatic carbocycles. The average Bonchev–Trinajstić information content (AvgIpc) is 3.19. The van der Waals surface area contributed by atoms with Crippen LogP contribution in [0, 0.1) is 11.6 Å². The zero-order chi connectivity index (χ0) is 20.4. The van der Waals surface area contributed by atoms with Crippen LogP contribution in [0.5, 0.6) is 0 Å². The summed E-state index contributed by atoms with van der Waals surface area (Å²) in [6, 6.07) is 12.0. The van der Waals surface area contributed by atoms with E-state index in [9.17, 15) is 25.6 Å². The van der Waals surface area contributed by atoms with E-state index in [1.165, 1.54) is 18.2 Å². The lowest BCUT2D eigenvalue weighted by Crippen LogP contribution is -2.31. The smallest absolute Gasteiger partial charge is 0.222 e. The number of halogens is 2. The highest BCUT2D eigenvalue weighted by Crippen LogP contribution is 2.31. The van der Waals surface area contributed by atoms with Gasteiger partial charge in [-0.3, -0.25) is 0 Å². The van der Waals surface area contributed by atoms with Crippen molar-refractivity contribution in [2.75, 3.05) is 6.54 Å². The zero-order valence-electron chi connectivity index (χ0n) is 14.2. The molecule has 0 aliphatic heterocycles. The van der Waals surface area contributed by atoms with E-state index in [-0.39, 0.29) is 14.7 Å². The highest BCUT2D eigenvalue weighted by molar-refractivity contribution is 7.93. The van der Waals surface area contributed by atoms with Gasteiger partial charge in [-0.25, -0.2) is 30.3 Å². The average molecular weight is 444 g/mol. The van der Waals surface area contributed by atoms with E-state index in [0.717, 1.165) is 47.7 Å².